The molecule has 8 heteroatoms. The van der Waals surface area contributed by atoms with E-state index in [1.807, 2.05) is 12.1 Å². The molecule has 0 aliphatic carbocycles. The van der Waals surface area contributed by atoms with Gasteiger partial charge in [-0.2, -0.15) is 0 Å². The standard InChI is InChI=1S/C20H22FN5O2/c21-17-5-1-2-6-18(17)26-8-7-22-20(26)25-11-9-24(10-12-25)15-19(27)23-14-16-4-3-13-28-16/h1-8,13H,9-12,14-15H2,(H,23,27). The quantitative estimate of drug-likeness (QED) is 0.706. The zero-order valence-electron chi connectivity index (χ0n) is 15.4. The van der Waals surface area contributed by atoms with Gasteiger partial charge >= 0.3 is 0 Å². The second-order valence-corrected chi connectivity index (χ2v) is 6.67. The van der Waals surface area contributed by atoms with Crippen LogP contribution in [-0.2, 0) is 11.3 Å². The lowest BCUT2D eigenvalue weighted by atomic mass is 10.3. The average Bonchev–Trinajstić information content (AvgIpc) is 3.39. The van der Waals surface area contributed by atoms with Crippen LogP contribution in [0.1, 0.15) is 5.76 Å². The molecule has 0 bridgehead atoms. The normalized spacial score (nSPS) is 15.0. The largest absolute Gasteiger partial charge is 0.467 e. The number of aromatic nitrogens is 2. The highest BCUT2D eigenvalue weighted by atomic mass is 19.1. The molecule has 1 fully saturated rings. The van der Waals surface area contributed by atoms with Crippen LogP contribution in [0.25, 0.3) is 5.69 Å². The van der Waals surface area contributed by atoms with Gasteiger partial charge in [-0.1, -0.05) is 12.1 Å². The van der Waals surface area contributed by atoms with E-state index in [0.717, 1.165) is 31.9 Å². The molecule has 1 aliphatic heterocycles. The van der Waals surface area contributed by atoms with Crippen molar-refractivity contribution in [2.45, 2.75) is 6.54 Å². The van der Waals surface area contributed by atoms with E-state index in [1.165, 1.54) is 6.07 Å². The molecule has 0 spiro atoms. The molecule has 28 heavy (non-hydrogen) atoms. The van der Waals surface area contributed by atoms with Gasteiger partial charge in [0.15, 0.2) is 0 Å². The lowest BCUT2D eigenvalue weighted by Crippen LogP contribution is -2.50. The number of halogens is 1. The first kappa shape index (κ1) is 18.2. The first-order valence-corrected chi connectivity index (χ1v) is 9.25. The third-order valence-electron chi connectivity index (χ3n) is 4.80. The molecule has 146 valence electrons. The second kappa shape index (κ2) is 8.26. The van der Waals surface area contributed by atoms with Crippen LogP contribution in [0.15, 0.2) is 59.5 Å². The van der Waals surface area contributed by atoms with Gasteiger partial charge in [-0.15, -0.1) is 0 Å². The van der Waals surface area contributed by atoms with Crippen molar-refractivity contribution in [3.63, 3.8) is 0 Å². The number of imidazole rings is 1. The van der Waals surface area contributed by atoms with Gasteiger partial charge in [0, 0.05) is 38.6 Å². The third kappa shape index (κ3) is 4.07. The molecule has 0 atom stereocenters. The fourth-order valence-corrected chi connectivity index (χ4v) is 3.33. The average molecular weight is 383 g/mol. The number of nitrogens with zero attached hydrogens (tertiary/aromatic N) is 4. The number of rotatable bonds is 6. The summed E-state index contributed by atoms with van der Waals surface area (Å²) < 4.78 is 21.1. The van der Waals surface area contributed by atoms with E-state index in [2.05, 4.69) is 20.1 Å². The minimum Gasteiger partial charge on any atom is -0.467 e. The number of piperazine rings is 1. The molecule has 1 aliphatic rings. The summed E-state index contributed by atoms with van der Waals surface area (Å²) in [4.78, 5) is 20.8. The van der Waals surface area contributed by atoms with Crippen molar-refractivity contribution in [3.8, 4) is 5.69 Å². The van der Waals surface area contributed by atoms with Crippen LogP contribution in [-0.4, -0.2) is 53.1 Å². The van der Waals surface area contributed by atoms with Crippen LogP contribution in [0.4, 0.5) is 10.3 Å². The molecule has 2 aromatic heterocycles. The van der Waals surface area contributed by atoms with Gasteiger partial charge in [0.1, 0.15) is 11.6 Å². The summed E-state index contributed by atoms with van der Waals surface area (Å²) in [6.07, 6.45) is 5.03. The summed E-state index contributed by atoms with van der Waals surface area (Å²) in [5.74, 6) is 1.14. The Morgan fingerprint density at radius 1 is 1.14 bits per heavy atom. The van der Waals surface area contributed by atoms with Gasteiger partial charge < -0.3 is 14.6 Å². The molecule has 0 unspecified atom stereocenters. The van der Waals surface area contributed by atoms with E-state index in [0.29, 0.717) is 24.7 Å². The lowest BCUT2D eigenvalue weighted by Gasteiger charge is -2.35. The fraction of sp³-hybridized carbons (Fsp3) is 0.300. The van der Waals surface area contributed by atoms with Crippen LogP contribution in [0, 0.1) is 5.82 Å². The Morgan fingerprint density at radius 3 is 2.71 bits per heavy atom. The number of furan rings is 1. The number of anilines is 1. The van der Waals surface area contributed by atoms with E-state index in [-0.39, 0.29) is 11.7 Å². The topological polar surface area (TPSA) is 66.5 Å². The predicted octanol–water partition coefficient (Wildman–Crippen LogP) is 2.04. The van der Waals surface area contributed by atoms with Gasteiger partial charge in [0.25, 0.3) is 0 Å². The van der Waals surface area contributed by atoms with Crippen molar-refractivity contribution in [1.29, 1.82) is 0 Å². The van der Waals surface area contributed by atoms with Gasteiger partial charge in [0.05, 0.1) is 25.0 Å². The van der Waals surface area contributed by atoms with Gasteiger partial charge in [-0.25, -0.2) is 9.37 Å². The zero-order valence-corrected chi connectivity index (χ0v) is 15.4. The van der Waals surface area contributed by atoms with Crippen LogP contribution in [0.5, 0.6) is 0 Å². The third-order valence-corrected chi connectivity index (χ3v) is 4.80. The lowest BCUT2D eigenvalue weighted by molar-refractivity contribution is -0.122. The van der Waals surface area contributed by atoms with Crippen molar-refractivity contribution < 1.29 is 13.6 Å². The molecule has 3 heterocycles. The molecule has 0 saturated carbocycles. The highest BCUT2D eigenvalue weighted by Gasteiger charge is 2.22. The van der Waals surface area contributed by atoms with Crippen LogP contribution in [0.2, 0.25) is 0 Å². The van der Waals surface area contributed by atoms with E-state index >= 15 is 0 Å². The zero-order chi connectivity index (χ0) is 19.3. The van der Waals surface area contributed by atoms with E-state index in [9.17, 15) is 9.18 Å². The Bertz CT molecular complexity index is 916. The monoisotopic (exact) mass is 383 g/mol. The first-order valence-electron chi connectivity index (χ1n) is 9.25. The number of para-hydroxylation sites is 1. The van der Waals surface area contributed by atoms with Crippen molar-refractivity contribution in [3.05, 3.63) is 66.6 Å². The molecule has 4 rings (SSSR count). The number of nitrogens with one attached hydrogen (secondary N) is 1. The smallest absolute Gasteiger partial charge is 0.234 e. The number of hydrogen-bond donors (Lipinski definition) is 1. The van der Waals surface area contributed by atoms with E-state index in [1.54, 1.807) is 41.4 Å². The summed E-state index contributed by atoms with van der Waals surface area (Å²) in [6.45, 7) is 3.65. The molecule has 3 aromatic rings. The van der Waals surface area contributed by atoms with E-state index < -0.39 is 0 Å². The molecule has 1 saturated heterocycles. The molecule has 1 aromatic carbocycles. The van der Waals surface area contributed by atoms with Crippen LogP contribution in [0.3, 0.4) is 0 Å². The number of amides is 1. The maximum atomic E-state index is 14.2. The Labute approximate surface area is 162 Å². The van der Waals surface area contributed by atoms with Crippen molar-refractivity contribution in [1.82, 2.24) is 19.8 Å². The number of carbonyl (C=O) groups is 1. The Kier molecular flexibility index (Phi) is 5.38. The predicted molar refractivity (Wildman–Crippen MR) is 103 cm³/mol. The summed E-state index contributed by atoms with van der Waals surface area (Å²) in [5, 5.41) is 2.86. The molecular formula is C20H22FN5O2. The number of benzene rings is 1. The summed E-state index contributed by atoms with van der Waals surface area (Å²) >= 11 is 0. The second-order valence-electron chi connectivity index (χ2n) is 6.67. The molecule has 0 radical (unpaired) electrons. The minimum atomic E-state index is -0.284. The van der Waals surface area contributed by atoms with E-state index in [4.69, 9.17) is 4.42 Å². The first-order chi connectivity index (χ1) is 13.7. The minimum absolute atomic E-state index is 0.0299. The molecule has 1 amide bonds. The maximum Gasteiger partial charge on any atom is 0.234 e. The molecule has 7 nitrogen and oxygen atoms in total. The maximum absolute atomic E-state index is 14.2. The Morgan fingerprint density at radius 2 is 1.96 bits per heavy atom. The summed E-state index contributed by atoms with van der Waals surface area (Å²) in [6, 6.07) is 10.3. The summed E-state index contributed by atoms with van der Waals surface area (Å²) in [5.41, 5.74) is 0.481. The van der Waals surface area contributed by atoms with Crippen molar-refractivity contribution in [2.75, 3.05) is 37.6 Å². The van der Waals surface area contributed by atoms with Gasteiger partial charge in [-0.05, 0) is 24.3 Å². The summed E-state index contributed by atoms with van der Waals surface area (Å²) in [7, 11) is 0. The van der Waals surface area contributed by atoms with Crippen LogP contribution < -0.4 is 10.2 Å². The Balaban J connectivity index is 1.32. The SMILES string of the molecule is O=C(CN1CCN(c2nccn2-c2ccccc2F)CC1)NCc1ccco1. The number of carbonyl (C=O) groups excluding carboxylic acids is 1. The molecule has 1 N–H and O–H groups in total. The van der Waals surface area contributed by atoms with Gasteiger partial charge in [-0.3, -0.25) is 14.3 Å². The van der Waals surface area contributed by atoms with Crippen molar-refractivity contribution >= 4 is 11.9 Å². The fourth-order valence-electron chi connectivity index (χ4n) is 3.33. The Hall–Kier alpha value is -3.13. The highest BCUT2D eigenvalue weighted by Crippen LogP contribution is 2.21. The molecular weight excluding hydrogens is 361 g/mol. The van der Waals surface area contributed by atoms with Crippen molar-refractivity contribution in [2.24, 2.45) is 0 Å². The van der Waals surface area contributed by atoms with Crippen LogP contribution >= 0.6 is 0 Å². The number of hydrogen-bond acceptors (Lipinski definition) is 5. The van der Waals surface area contributed by atoms with Gasteiger partial charge in [0.2, 0.25) is 11.9 Å². The highest BCUT2D eigenvalue weighted by molar-refractivity contribution is 5.78.